The van der Waals surface area contributed by atoms with E-state index in [-0.39, 0.29) is 22.8 Å². The summed E-state index contributed by atoms with van der Waals surface area (Å²) < 4.78 is 1.41. The predicted octanol–water partition coefficient (Wildman–Crippen LogP) is 3.13. The average molecular weight is 352 g/mol. The highest BCUT2D eigenvalue weighted by atomic mass is 16.2. The topological polar surface area (TPSA) is 68.2 Å². The van der Waals surface area contributed by atoms with Crippen LogP contribution in [0.3, 0.4) is 0 Å². The predicted molar refractivity (Wildman–Crippen MR) is 101 cm³/mol. The molecule has 0 spiro atoms. The van der Waals surface area contributed by atoms with Gasteiger partial charge in [0.1, 0.15) is 5.56 Å². The van der Waals surface area contributed by atoms with E-state index in [0.29, 0.717) is 29.7 Å². The quantitative estimate of drug-likeness (QED) is 0.923. The Bertz CT molecular complexity index is 924. The van der Waals surface area contributed by atoms with E-state index in [2.05, 4.69) is 5.32 Å². The Hall–Kier alpha value is -2.69. The minimum atomic E-state index is -0.419. The van der Waals surface area contributed by atoms with E-state index in [1.165, 1.54) is 4.57 Å². The lowest BCUT2D eigenvalue weighted by molar-refractivity contribution is 0.0908. The number of ketones is 1. The molecule has 1 aromatic carbocycles. The van der Waals surface area contributed by atoms with Crippen LogP contribution in [0, 0.1) is 5.41 Å². The van der Waals surface area contributed by atoms with Crippen LogP contribution < -0.4 is 10.9 Å². The van der Waals surface area contributed by atoms with E-state index < -0.39 is 11.5 Å². The van der Waals surface area contributed by atoms with Gasteiger partial charge in [0.25, 0.3) is 11.5 Å². The maximum atomic E-state index is 13.2. The number of hydrogen-bond acceptors (Lipinski definition) is 3. The minimum absolute atomic E-state index is 0.0282. The fraction of sp³-hybridized carbons (Fsp3) is 0.381. The molecule has 0 saturated carbocycles. The third-order valence-corrected chi connectivity index (χ3v) is 4.59. The van der Waals surface area contributed by atoms with Crippen LogP contribution in [0.1, 0.15) is 60.4 Å². The molecule has 1 N–H and O–H groups in total. The molecular formula is C21H24N2O3. The number of para-hydroxylation sites is 1. The molecule has 0 fully saturated rings. The van der Waals surface area contributed by atoms with E-state index in [0.717, 1.165) is 0 Å². The molecule has 2 aromatic rings. The molecule has 26 heavy (non-hydrogen) atoms. The molecule has 0 aliphatic heterocycles. The minimum Gasteiger partial charge on any atom is -0.350 e. The lowest BCUT2D eigenvalue weighted by Crippen LogP contribution is -2.40. The monoisotopic (exact) mass is 352 g/mol. The summed E-state index contributed by atoms with van der Waals surface area (Å²) >= 11 is 0. The highest BCUT2D eigenvalue weighted by Gasteiger charge is 2.35. The van der Waals surface area contributed by atoms with Crippen molar-refractivity contribution in [3.05, 3.63) is 63.6 Å². The molecule has 1 aliphatic rings. The van der Waals surface area contributed by atoms with Crippen LogP contribution in [-0.2, 0) is 6.42 Å². The molecule has 1 aromatic heterocycles. The lowest BCUT2D eigenvalue weighted by atomic mass is 9.73. The van der Waals surface area contributed by atoms with Gasteiger partial charge in [-0.1, -0.05) is 32.0 Å². The first kappa shape index (κ1) is 18.1. The van der Waals surface area contributed by atoms with Gasteiger partial charge in [0.05, 0.1) is 0 Å². The Labute approximate surface area is 153 Å². The molecular weight excluding hydrogens is 328 g/mol. The van der Waals surface area contributed by atoms with Crippen molar-refractivity contribution in [1.29, 1.82) is 0 Å². The number of Topliss-reactive ketones (excluding diaryl/α,β-unsaturated/α-hetero) is 1. The van der Waals surface area contributed by atoms with Gasteiger partial charge in [0.2, 0.25) is 0 Å². The third-order valence-electron chi connectivity index (χ3n) is 4.59. The fourth-order valence-electron chi connectivity index (χ4n) is 3.49. The molecule has 0 saturated heterocycles. The van der Waals surface area contributed by atoms with Crippen molar-refractivity contribution in [3.63, 3.8) is 0 Å². The normalized spacial score (nSPS) is 15.7. The van der Waals surface area contributed by atoms with Crippen molar-refractivity contribution < 1.29 is 9.59 Å². The largest absolute Gasteiger partial charge is 0.350 e. The summed E-state index contributed by atoms with van der Waals surface area (Å²) in [5.41, 5.74) is 1.10. The summed E-state index contributed by atoms with van der Waals surface area (Å²) in [7, 11) is 0. The maximum absolute atomic E-state index is 13.2. The number of carbonyl (C=O) groups is 2. The van der Waals surface area contributed by atoms with Crippen molar-refractivity contribution in [2.24, 2.45) is 5.41 Å². The molecule has 0 atom stereocenters. The van der Waals surface area contributed by atoms with E-state index in [4.69, 9.17) is 0 Å². The molecule has 3 rings (SSSR count). The second kappa shape index (κ2) is 6.56. The molecule has 0 unspecified atom stereocenters. The van der Waals surface area contributed by atoms with Crippen LogP contribution in [0.15, 0.2) is 41.3 Å². The number of amides is 1. The Morgan fingerprint density at radius 1 is 1.12 bits per heavy atom. The molecule has 1 heterocycles. The molecule has 5 nitrogen and oxygen atoms in total. The Morgan fingerprint density at radius 3 is 2.38 bits per heavy atom. The van der Waals surface area contributed by atoms with Gasteiger partial charge in [0.15, 0.2) is 5.78 Å². The smallest absolute Gasteiger partial charge is 0.268 e. The van der Waals surface area contributed by atoms with Gasteiger partial charge in [-0.2, -0.15) is 0 Å². The van der Waals surface area contributed by atoms with Crippen LogP contribution >= 0.6 is 0 Å². The number of carbonyl (C=O) groups excluding carboxylic acids is 2. The second-order valence-electron chi connectivity index (χ2n) is 7.98. The Morgan fingerprint density at radius 2 is 1.77 bits per heavy atom. The van der Waals surface area contributed by atoms with Gasteiger partial charge >= 0.3 is 0 Å². The number of benzene rings is 1. The summed E-state index contributed by atoms with van der Waals surface area (Å²) in [6.45, 7) is 7.66. The van der Waals surface area contributed by atoms with Crippen molar-refractivity contribution in [2.75, 3.05) is 0 Å². The van der Waals surface area contributed by atoms with Crippen LogP contribution in [-0.4, -0.2) is 22.3 Å². The van der Waals surface area contributed by atoms with Crippen LogP contribution in [0.5, 0.6) is 0 Å². The average Bonchev–Trinajstić information content (AvgIpc) is 2.53. The Balaban J connectivity index is 2.29. The molecule has 5 heteroatoms. The van der Waals surface area contributed by atoms with E-state index in [9.17, 15) is 14.4 Å². The number of nitrogens with zero attached hydrogens (tertiary/aromatic N) is 1. The molecule has 0 radical (unpaired) electrons. The summed E-state index contributed by atoms with van der Waals surface area (Å²) in [6.07, 6.45) is 2.52. The number of fused-ring (bicyclic) bond motifs is 1. The van der Waals surface area contributed by atoms with Gasteiger partial charge in [-0.3, -0.25) is 19.0 Å². The van der Waals surface area contributed by atoms with Crippen molar-refractivity contribution in [1.82, 2.24) is 9.88 Å². The maximum Gasteiger partial charge on any atom is 0.268 e. The van der Waals surface area contributed by atoms with Crippen molar-refractivity contribution in [3.8, 4) is 5.69 Å². The zero-order chi connectivity index (χ0) is 19.1. The second-order valence-corrected chi connectivity index (χ2v) is 7.98. The fourth-order valence-corrected chi connectivity index (χ4v) is 3.49. The number of pyridine rings is 1. The molecule has 0 bridgehead atoms. The zero-order valence-electron chi connectivity index (χ0n) is 15.6. The number of aromatic nitrogens is 1. The van der Waals surface area contributed by atoms with Crippen LogP contribution in [0.4, 0.5) is 0 Å². The number of hydrogen-bond donors (Lipinski definition) is 1. The van der Waals surface area contributed by atoms with Crippen LogP contribution in [0.25, 0.3) is 5.69 Å². The molecule has 1 aliphatic carbocycles. The zero-order valence-corrected chi connectivity index (χ0v) is 15.6. The van der Waals surface area contributed by atoms with Gasteiger partial charge in [-0.05, 0) is 43.4 Å². The summed E-state index contributed by atoms with van der Waals surface area (Å²) in [6, 6.07) is 8.97. The van der Waals surface area contributed by atoms with E-state index >= 15 is 0 Å². The lowest BCUT2D eigenvalue weighted by Gasteiger charge is -2.31. The standard InChI is InChI=1S/C21H24N2O3/c1-13(2)22-19(25)18-15-10-21(3,4)11-17(24)16(15)12-23(20(18)26)14-8-6-5-7-9-14/h5-9,12-13H,10-11H2,1-4H3,(H,22,25). The molecule has 136 valence electrons. The number of rotatable bonds is 3. The van der Waals surface area contributed by atoms with Gasteiger partial charge in [-0.25, -0.2) is 0 Å². The van der Waals surface area contributed by atoms with Crippen LogP contribution in [0.2, 0.25) is 0 Å². The summed E-state index contributed by atoms with van der Waals surface area (Å²) in [4.78, 5) is 38.7. The highest BCUT2D eigenvalue weighted by molar-refractivity contribution is 6.04. The van der Waals surface area contributed by atoms with Gasteiger partial charge in [0, 0.05) is 29.9 Å². The SMILES string of the molecule is CC(C)NC(=O)c1c2c(cn(-c3ccccc3)c1=O)C(=O)CC(C)(C)C2. The highest BCUT2D eigenvalue weighted by Crippen LogP contribution is 2.35. The van der Waals surface area contributed by atoms with Gasteiger partial charge in [-0.15, -0.1) is 0 Å². The van der Waals surface area contributed by atoms with E-state index in [1.807, 2.05) is 45.9 Å². The van der Waals surface area contributed by atoms with Gasteiger partial charge < -0.3 is 5.32 Å². The number of nitrogens with one attached hydrogen (secondary N) is 1. The summed E-state index contributed by atoms with van der Waals surface area (Å²) in [5, 5.41) is 2.81. The Kier molecular flexibility index (Phi) is 4.57. The first-order chi connectivity index (χ1) is 12.2. The van der Waals surface area contributed by atoms with Crippen molar-refractivity contribution in [2.45, 2.75) is 46.6 Å². The molecule has 1 amide bonds. The first-order valence-electron chi connectivity index (χ1n) is 8.87. The first-order valence-corrected chi connectivity index (χ1v) is 8.87. The van der Waals surface area contributed by atoms with E-state index in [1.54, 1.807) is 18.3 Å². The third kappa shape index (κ3) is 3.34. The van der Waals surface area contributed by atoms with Crippen molar-refractivity contribution >= 4 is 11.7 Å². The summed E-state index contributed by atoms with van der Waals surface area (Å²) in [5.74, 6) is -0.448.